The zero-order chi connectivity index (χ0) is 27.7. The lowest BCUT2D eigenvalue weighted by molar-refractivity contribution is -0.144. The molecule has 3 unspecified atom stereocenters. The lowest BCUT2D eigenvalue weighted by atomic mass is 9.69. The molecule has 3 aliphatic rings. The number of carbonyl (C=O) groups is 3. The molecule has 7 heteroatoms. The zero-order valence-electron chi connectivity index (χ0n) is 23.3. The summed E-state index contributed by atoms with van der Waals surface area (Å²) in [4.78, 5) is 41.2. The number of rotatable bonds is 8. The number of hydrogen-bond acceptors (Lipinski definition) is 4. The van der Waals surface area contributed by atoms with E-state index < -0.39 is 6.04 Å². The standard InChI is InChI=1S/C32H40FN3O3/c1-20(2)24-13-14-25(28(29(24)33)22-9-5-4-6-10-22)30(35-31(39)26-12-8-16-34-26)27(38)17-23-11-7-15-32(23)18-36(19-32)21(3)37/h4-6,9-10,13-14,20,23,26,30,34H,7-8,11-12,15-19H2,1-3H3,(H,35,39). The molecule has 0 aromatic heterocycles. The smallest absolute Gasteiger partial charge is 0.237 e. The van der Waals surface area contributed by atoms with Crippen LogP contribution in [0.4, 0.5) is 4.39 Å². The zero-order valence-corrected chi connectivity index (χ0v) is 23.3. The van der Waals surface area contributed by atoms with Crippen LogP contribution in [0.15, 0.2) is 42.5 Å². The molecule has 2 amide bonds. The fourth-order valence-electron chi connectivity index (χ4n) is 6.92. The van der Waals surface area contributed by atoms with Gasteiger partial charge in [-0.25, -0.2) is 4.39 Å². The monoisotopic (exact) mass is 533 g/mol. The first-order valence-corrected chi connectivity index (χ1v) is 14.4. The Morgan fingerprint density at radius 2 is 1.77 bits per heavy atom. The average molecular weight is 534 g/mol. The Morgan fingerprint density at radius 1 is 1.05 bits per heavy atom. The number of Topliss-reactive ketones (excluding diaryl/α,β-unsaturated/α-hetero) is 1. The number of nitrogens with zero attached hydrogens (tertiary/aromatic N) is 1. The molecule has 2 N–H and O–H groups in total. The summed E-state index contributed by atoms with van der Waals surface area (Å²) in [5.74, 6) is -0.472. The second-order valence-corrected chi connectivity index (χ2v) is 12.0. The van der Waals surface area contributed by atoms with E-state index in [2.05, 4.69) is 10.6 Å². The number of hydrogen-bond donors (Lipinski definition) is 2. The van der Waals surface area contributed by atoms with Crippen molar-refractivity contribution in [3.05, 3.63) is 59.4 Å². The number of nitrogens with one attached hydrogen (secondary N) is 2. The first kappa shape index (κ1) is 27.5. The highest BCUT2D eigenvalue weighted by Crippen LogP contribution is 2.52. The Labute approximate surface area is 230 Å². The van der Waals surface area contributed by atoms with Gasteiger partial charge in [0.25, 0.3) is 0 Å². The van der Waals surface area contributed by atoms with Crippen molar-refractivity contribution in [2.75, 3.05) is 19.6 Å². The topological polar surface area (TPSA) is 78.5 Å². The van der Waals surface area contributed by atoms with E-state index in [1.807, 2.05) is 55.1 Å². The van der Waals surface area contributed by atoms with Crippen LogP contribution in [0.3, 0.4) is 0 Å². The summed E-state index contributed by atoms with van der Waals surface area (Å²) in [5, 5.41) is 6.26. The van der Waals surface area contributed by atoms with Crippen molar-refractivity contribution in [2.45, 2.75) is 77.3 Å². The number of likely N-dealkylation sites (tertiary alicyclic amines) is 1. The molecular weight excluding hydrogens is 493 g/mol. The normalized spacial score (nSPS) is 22.6. The van der Waals surface area contributed by atoms with Crippen molar-refractivity contribution in [1.82, 2.24) is 15.5 Å². The Morgan fingerprint density at radius 3 is 2.41 bits per heavy atom. The maximum atomic E-state index is 16.2. The number of ketones is 1. The second kappa shape index (κ2) is 11.2. The minimum absolute atomic E-state index is 0.0299. The predicted molar refractivity (Wildman–Crippen MR) is 149 cm³/mol. The van der Waals surface area contributed by atoms with Gasteiger partial charge in [-0.1, -0.05) is 62.7 Å². The van der Waals surface area contributed by atoms with Gasteiger partial charge >= 0.3 is 0 Å². The van der Waals surface area contributed by atoms with Crippen LogP contribution < -0.4 is 10.6 Å². The molecule has 3 fully saturated rings. The summed E-state index contributed by atoms with van der Waals surface area (Å²) in [5.41, 5.74) is 2.13. The van der Waals surface area contributed by atoms with Gasteiger partial charge in [-0.15, -0.1) is 0 Å². The SMILES string of the molecule is CC(=O)N1CC2(CCCC2CC(=O)C(NC(=O)C2CCCN2)c2ccc(C(C)C)c(F)c2-c2ccccc2)C1. The van der Waals surface area contributed by atoms with Crippen molar-refractivity contribution >= 4 is 17.6 Å². The van der Waals surface area contributed by atoms with Gasteiger partial charge in [0.2, 0.25) is 11.8 Å². The molecule has 0 radical (unpaired) electrons. The molecular formula is C32H40FN3O3. The van der Waals surface area contributed by atoms with E-state index in [1.54, 1.807) is 13.0 Å². The number of benzene rings is 2. The van der Waals surface area contributed by atoms with Crippen molar-refractivity contribution in [1.29, 1.82) is 0 Å². The molecule has 39 heavy (non-hydrogen) atoms. The summed E-state index contributed by atoms with van der Waals surface area (Å²) >= 11 is 0. The largest absolute Gasteiger partial charge is 0.342 e. The Kier molecular flexibility index (Phi) is 7.90. The second-order valence-electron chi connectivity index (χ2n) is 12.0. The van der Waals surface area contributed by atoms with E-state index in [0.29, 0.717) is 48.2 Å². The summed E-state index contributed by atoms with van der Waals surface area (Å²) in [6.07, 6.45) is 4.88. The van der Waals surface area contributed by atoms with Crippen LogP contribution in [0.25, 0.3) is 11.1 Å². The van der Waals surface area contributed by atoms with Crippen molar-refractivity contribution in [3.63, 3.8) is 0 Å². The van der Waals surface area contributed by atoms with E-state index in [-0.39, 0.29) is 46.7 Å². The van der Waals surface area contributed by atoms with Crippen molar-refractivity contribution in [2.24, 2.45) is 11.3 Å². The molecule has 2 aromatic rings. The van der Waals surface area contributed by atoms with Gasteiger partial charge in [0, 0.05) is 37.4 Å². The number of carbonyl (C=O) groups excluding carboxylic acids is 3. The fraction of sp³-hybridized carbons (Fsp3) is 0.531. The van der Waals surface area contributed by atoms with Crippen LogP contribution in [0.5, 0.6) is 0 Å². The summed E-state index contributed by atoms with van der Waals surface area (Å²) in [6.45, 7) is 7.63. The van der Waals surface area contributed by atoms with Crippen molar-refractivity contribution < 1.29 is 18.8 Å². The Bertz CT molecular complexity index is 1230. The van der Waals surface area contributed by atoms with Crippen LogP contribution in [-0.4, -0.2) is 48.2 Å². The minimum Gasteiger partial charge on any atom is -0.342 e. The molecule has 3 atom stereocenters. The molecule has 6 nitrogen and oxygen atoms in total. The van der Waals surface area contributed by atoms with Gasteiger partial charge in [0.05, 0.1) is 6.04 Å². The first-order valence-electron chi connectivity index (χ1n) is 14.4. The Balaban J connectivity index is 1.51. The summed E-state index contributed by atoms with van der Waals surface area (Å²) in [6, 6.07) is 11.6. The van der Waals surface area contributed by atoms with E-state index >= 15 is 4.39 Å². The van der Waals surface area contributed by atoms with Crippen LogP contribution in [0, 0.1) is 17.2 Å². The molecule has 2 heterocycles. The highest BCUT2D eigenvalue weighted by atomic mass is 19.1. The number of halogens is 1. The average Bonchev–Trinajstić information content (AvgIpc) is 3.57. The van der Waals surface area contributed by atoms with Crippen LogP contribution >= 0.6 is 0 Å². The quantitative estimate of drug-likeness (QED) is 0.493. The minimum atomic E-state index is -0.951. The molecule has 1 aliphatic carbocycles. The van der Waals surface area contributed by atoms with E-state index in [9.17, 15) is 14.4 Å². The third-order valence-electron chi connectivity index (χ3n) is 9.18. The van der Waals surface area contributed by atoms with Gasteiger partial charge < -0.3 is 15.5 Å². The highest BCUT2D eigenvalue weighted by Gasteiger charge is 2.52. The van der Waals surface area contributed by atoms with E-state index in [4.69, 9.17) is 0 Å². The summed E-state index contributed by atoms with van der Waals surface area (Å²) in [7, 11) is 0. The van der Waals surface area contributed by atoms with Crippen LogP contribution in [0.2, 0.25) is 0 Å². The molecule has 208 valence electrons. The lowest BCUT2D eigenvalue weighted by Gasteiger charge is -2.51. The number of amides is 2. The Hall–Kier alpha value is -3.06. The van der Waals surface area contributed by atoms with Gasteiger partial charge in [-0.3, -0.25) is 14.4 Å². The molecule has 0 bridgehead atoms. The third kappa shape index (κ3) is 5.38. The fourth-order valence-corrected chi connectivity index (χ4v) is 6.92. The highest BCUT2D eigenvalue weighted by molar-refractivity contribution is 5.94. The predicted octanol–water partition coefficient (Wildman–Crippen LogP) is 5.13. The lowest BCUT2D eigenvalue weighted by Crippen LogP contribution is -2.59. The van der Waals surface area contributed by atoms with Gasteiger partial charge in [0.1, 0.15) is 11.9 Å². The van der Waals surface area contributed by atoms with Gasteiger partial charge in [-0.05, 0) is 60.8 Å². The van der Waals surface area contributed by atoms with Gasteiger partial charge in [0.15, 0.2) is 5.78 Å². The third-order valence-corrected chi connectivity index (χ3v) is 9.18. The van der Waals surface area contributed by atoms with E-state index in [0.717, 1.165) is 32.2 Å². The molecule has 1 saturated carbocycles. The molecule has 2 aliphatic heterocycles. The molecule has 2 saturated heterocycles. The first-order chi connectivity index (χ1) is 18.7. The molecule has 1 spiro atoms. The molecule has 5 rings (SSSR count). The van der Waals surface area contributed by atoms with Crippen LogP contribution in [0.1, 0.15) is 82.4 Å². The van der Waals surface area contributed by atoms with Gasteiger partial charge in [-0.2, -0.15) is 0 Å². The maximum Gasteiger partial charge on any atom is 0.237 e. The maximum absolute atomic E-state index is 16.2. The molecule has 2 aromatic carbocycles. The summed E-state index contributed by atoms with van der Waals surface area (Å²) < 4.78 is 16.2. The van der Waals surface area contributed by atoms with Crippen LogP contribution in [-0.2, 0) is 14.4 Å². The van der Waals surface area contributed by atoms with Crippen molar-refractivity contribution in [3.8, 4) is 11.1 Å². The van der Waals surface area contributed by atoms with E-state index in [1.165, 1.54) is 0 Å².